The predicted molar refractivity (Wildman–Crippen MR) is 128 cm³/mol. The van der Waals surface area contributed by atoms with Gasteiger partial charge in [0.25, 0.3) is 0 Å². The van der Waals surface area contributed by atoms with Gasteiger partial charge in [0.15, 0.2) is 0 Å². The van der Waals surface area contributed by atoms with Gasteiger partial charge in [0.05, 0.1) is 11.9 Å². The largest absolute Gasteiger partial charge is 0.357 e. The van der Waals surface area contributed by atoms with Crippen molar-refractivity contribution in [3.8, 4) is 0 Å². The zero-order valence-corrected chi connectivity index (χ0v) is 20.3. The average Bonchev–Trinajstić information content (AvgIpc) is 2.74. The van der Waals surface area contributed by atoms with E-state index in [9.17, 15) is 18.0 Å². The Bertz CT molecular complexity index is 1050. The molecule has 2 aromatic carbocycles. The molecule has 0 bridgehead atoms. The van der Waals surface area contributed by atoms with Crippen molar-refractivity contribution in [2.45, 2.75) is 46.2 Å². The molecule has 0 aliphatic carbocycles. The van der Waals surface area contributed by atoms with E-state index in [1.165, 1.54) is 4.31 Å². The van der Waals surface area contributed by atoms with Gasteiger partial charge < -0.3 is 10.2 Å². The molecule has 32 heavy (non-hydrogen) atoms. The minimum absolute atomic E-state index is 0.130. The van der Waals surface area contributed by atoms with Crippen molar-refractivity contribution >= 4 is 27.5 Å². The van der Waals surface area contributed by atoms with Crippen LogP contribution in [0, 0.1) is 13.8 Å². The molecule has 174 valence electrons. The third-order valence-corrected chi connectivity index (χ3v) is 6.65. The van der Waals surface area contributed by atoms with Gasteiger partial charge >= 0.3 is 0 Å². The highest BCUT2D eigenvalue weighted by atomic mass is 32.2. The molecule has 2 aromatic rings. The fourth-order valence-electron chi connectivity index (χ4n) is 3.55. The highest BCUT2D eigenvalue weighted by Crippen LogP contribution is 2.20. The first-order chi connectivity index (χ1) is 15.0. The van der Waals surface area contributed by atoms with Crippen molar-refractivity contribution in [2.75, 3.05) is 24.2 Å². The number of carbonyl (C=O) groups excluding carboxylic acids is 2. The molecular formula is C24H33N3O4S. The van der Waals surface area contributed by atoms with Crippen molar-refractivity contribution in [3.63, 3.8) is 0 Å². The lowest BCUT2D eigenvalue weighted by atomic mass is 10.1. The first kappa shape index (κ1) is 25.4. The van der Waals surface area contributed by atoms with E-state index < -0.39 is 16.1 Å². The highest BCUT2D eigenvalue weighted by molar-refractivity contribution is 7.92. The van der Waals surface area contributed by atoms with Gasteiger partial charge in [-0.05, 0) is 56.0 Å². The summed E-state index contributed by atoms with van der Waals surface area (Å²) in [6.07, 6.45) is 1.63. The first-order valence-electron chi connectivity index (χ1n) is 10.6. The quantitative estimate of drug-likeness (QED) is 0.592. The molecule has 0 aliphatic rings. The molecule has 0 saturated heterocycles. The van der Waals surface area contributed by atoms with E-state index in [1.807, 2.05) is 50.2 Å². The van der Waals surface area contributed by atoms with Crippen molar-refractivity contribution in [2.24, 2.45) is 0 Å². The molecule has 1 N–H and O–H groups in total. The van der Waals surface area contributed by atoms with Gasteiger partial charge in [0, 0.05) is 26.6 Å². The molecule has 0 radical (unpaired) electrons. The lowest BCUT2D eigenvalue weighted by Crippen LogP contribution is -2.47. The van der Waals surface area contributed by atoms with Crippen LogP contribution in [0.15, 0.2) is 48.5 Å². The number of hydrogen-bond donors (Lipinski definition) is 1. The number of sulfonamides is 1. The average molecular weight is 460 g/mol. The van der Waals surface area contributed by atoms with E-state index >= 15 is 0 Å². The van der Waals surface area contributed by atoms with Crippen molar-refractivity contribution in [3.05, 3.63) is 65.2 Å². The Morgan fingerprint density at radius 2 is 1.75 bits per heavy atom. The Balaban J connectivity index is 2.15. The number of aryl methyl sites for hydroxylation is 2. The first-order valence-corrected chi connectivity index (χ1v) is 12.5. The summed E-state index contributed by atoms with van der Waals surface area (Å²) in [6.45, 7) is 6.06. The molecule has 7 nitrogen and oxygen atoms in total. The maximum Gasteiger partial charge on any atom is 0.242 e. The van der Waals surface area contributed by atoms with Gasteiger partial charge in [-0.15, -0.1) is 0 Å². The fraction of sp³-hybridized carbons (Fsp3) is 0.417. The topological polar surface area (TPSA) is 86.8 Å². The second kappa shape index (κ2) is 11.1. The van der Waals surface area contributed by atoms with Crippen LogP contribution in [0.1, 0.15) is 36.5 Å². The lowest BCUT2D eigenvalue weighted by molar-refractivity contribution is -0.140. The Morgan fingerprint density at radius 1 is 1.06 bits per heavy atom. The van der Waals surface area contributed by atoms with E-state index in [-0.39, 0.29) is 24.8 Å². The molecule has 0 heterocycles. The van der Waals surface area contributed by atoms with Crippen LogP contribution in [0.2, 0.25) is 0 Å². The van der Waals surface area contributed by atoms with Gasteiger partial charge in [-0.2, -0.15) is 0 Å². The molecule has 0 spiro atoms. The number of nitrogens with one attached hydrogen (secondary N) is 1. The van der Waals surface area contributed by atoms with Crippen LogP contribution in [-0.4, -0.2) is 51.0 Å². The van der Waals surface area contributed by atoms with Gasteiger partial charge in [0.2, 0.25) is 21.8 Å². The number of anilines is 1. The Morgan fingerprint density at radius 3 is 2.34 bits per heavy atom. The molecule has 0 aromatic heterocycles. The van der Waals surface area contributed by atoms with E-state index in [2.05, 4.69) is 5.32 Å². The third kappa shape index (κ3) is 6.82. The number of benzene rings is 2. The number of amides is 2. The maximum absolute atomic E-state index is 13.1. The molecule has 0 fully saturated rings. The second-order valence-corrected chi connectivity index (χ2v) is 9.92. The Labute approximate surface area is 191 Å². The predicted octanol–water partition coefficient (Wildman–Crippen LogP) is 3.01. The van der Waals surface area contributed by atoms with Crippen molar-refractivity contribution in [1.29, 1.82) is 0 Å². The van der Waals surface area contributed by atoms with E-state index in [1.54, 1.807) is 31.0 Å². The highest BCUT2D eigenvalue weighted by Gasteiger charge is 2.26. The summed E-state index contributed by atoms with van der Waals surface area (Å²) in [4.78, 5) is 26.9. The van der Waals surface area contributed by atoms with Gasteiger partial charge in [0.1, 0.15) is 6.04 Å². The molecule has 0 unspecified atom stereocenters. The summed E-state index contributed by atoms with van der Waals surface area (Å²) < 4.78 is 26.0. The number of rotatable bonds is 10. The van der Waals surface area contributed by atoms with Crippen LogP contribution < -0.4 is 9.62 Å². The maximum atomic E-state index is 13.1. The standard InChI is InChI=1S/C24H33N3O4S/c1-18-10-8-13-22(16-18)27(32(5,30)31)15-9-14-23(28)26(20(3)24(29)25-4)17-21-12-7-6-11-19(21)2/h6-8,10-13,16,20H,9,14-15,17H2,1-5H3,(H,25,29)/t20-/m0/s1. The summed E-state index contributed by atoms with van der Waals surface area (Å²) in [5.41, 5.74) is 3.54. The van der Waals surface area contributed by atoms with Crippen molar-refractivity contribution in [1.82, 2.24) is 10.2 Å². The second-order valence-electron chi connectivity index (χ2n) is 8.02. The monoisotopic (exact) mass is 459 g/mol. The Hall–Kier alpha value is -2.87. The molecular weight excluding hydrogens is 426 g/mol. The van der Waals surface area contributed by atoms with E-state index in [0.717, 1.165) is 22.9 Å². The van der Waals surface area contributed by atoms with Crippen LogP contribution in [-0.2, 0) is 26.2 Å². The Kier molecular flexibility index (Phi) is 8.83. The SMILES string of the molecule is CNC(=O)[C@H](C)N(Cc1ccccc1C)C(=O)CCCN(c1cccc(C)c1)S(C)(=O)=O. The van der Waals surface area contributed by atoms with Gasteiger partial charge in [-0.25, -0.2) is 8.42 Å². The summed E-state index contributed by atoms with van der Waals surface area (Å²) in [5, 5.41) is 2.60. The molecule has 0 saturated carbocycles. The lowest BCUT2D eigenvalue weighted by Gasteiger charge is -2.29. The normalized spacial score (nSPS) is 12.2. The summed E-state index contributed by atoms with van der Waals surface area (Å²) in [5.74, 6) is -0.438. The van der Waals surface area contributed by atoms with E-state index in [0.29, 0.717) is 18.7 Å². The number of likely N-dealkylation sites (N-methyl/N-ethyl adjacent to an activating group) is 1. The smallest absolute Gasteiger partial charge is 0.242 e. The summed E-state index contributed by atoms with van der Waals surface area (Å²) in [7, 11) is -1.95. The summed E-state index contributed by atoms with van der Waals surface area (Å²) in [6, 6.07) is 14.4. The number of carbonyl (C=O) groups is 2. The molecule has 1 atom stereocenters. The fourth-order valence-corrected chi connectivity index (χ4v) is 4.51. The molecule has 0 aliphatic heterocycles. The van der Waals surface area contributed by atoms with E-state index in [4.69, 9.17) is 0 Å². The molecule has 2 amide bonds. The third-order valence-electron chi connectivity index (χ3n) is 5.46. The van der Waals surface area contributed by atoms with Crippen molar-refractivity contribution < 1.29 is 18.0 Å². The van der Waals surface area contributed by atoms with Gasteiger partial charge in [-0.3, -0.25) is 13.9 Å². The number of hydrogen-bond acceptors (Lipinski definition) is 4. The zero-order valence-electron chi connectivity index (χ0n) is 19.5. The zero-order chi connectivity index (χ0) is 23.9. The van der Waals surface area contributed by atoms with Crippen LogP contribution in [0.25, 0.3) is 0 Å². The van der Waals surface area contributed by atoms with Gasteiger partial charge in [-0.1, -0.05) is 36.4 Å². The van der Waals surface area contributed by atoms with Crippen LogP contribution >= 0.6 is 0 Å². The van der Waals surface area contributed by atoms with Crippen LogP contribution in [0.5, 0.6) is 0 Å². The van der Waals surface area contributed by atoms with Crippen LogP contribution in [0.4, 0.5) is 5.69 Å². The molecule has 8 heteroatoms. The number of nitrogens with zero attached hydrogens (tertiary/aromatic N) is 2. The summed E-state index contributed by atoms with van der Waals surface area (Å²) >= 11 is 0. The molecule has 2 rings (SSSR count). The minimum atomic E-state index is -3.50. The minimum Gasteiger partial charge on any atom is -0.357 e. The van der Waals surface area contributed by atoms with Crippen LogP contribution in [0.3, 0.4) is 0 Å².